The zero-order valence-corrected chi connectivity index (χ0v) is 11.4. The van der Waals surface area contributed by atoms with Crippen molar-refractivity contribution >= 4 is 17.6 Å². The molecular weight excluding hydrogens is 260 g/mol. The van der Waals surface area contributed by atoms with Crippen LogP contribution in [0, 0.1) is 0 Å². The number of urea groups is 1. The lowest BCUT2D eigenvalue weighted by atomic mass is 10.2. The average Bonchev–Trinajstić information content (AvgIpc) is 3.00. The number of nitrogens with zero attached hydrogens (tertiary/aromatic N) is 2. The molecule has 3 amide bonds. The van der Waals surface area contributed by atoms with E-state index in [9.17, 15) is 9.59 Å². The van der Waals surface area contributed by atoms with E-state index >= 15 is 0 Å². The minimum Gasteiger partial charge on any atom is -0.497 e. The fraction of sp³-hybridized carbons (Fsp3) is 0.429. The van der Waals surface area contributed by atoms with Crippen molar-refractivity contribution in [3.05, 3.63) is 24.3 Å². The van der Waals surface area contributed by atoms with E-state index in [1.165, 1.54) is 4.90 Å². The van der Waals surface area contributed by atoms with Gasteiger partial charge in [0.05, 0.1) is 18.9 Å². The molecule has 6 nitrogen and oxygen atoms in total. The van der Waals surface area contributed by atoms with Gasteiger partial charge in [0.15, 0.2) is 0 Å². The lowest BCUT2D eigenvalue weighted by molar-refractivity contribution is -0.119. The number of rotatable bonds is 3. The Morgan fingerprint density at radius 2 is 1.85 bits per heavy atom. The molecule has 2 aliphatic heterocycles. The fourth-order valence-corrected chi connectivity index (χ4v) is 2.75. The second kappa shape index (κ2) is 4.79. The van der Waals surface area contributed by atoms with Crippen LogP contribution in [0.15, 0.2) is 24.3 Å². The van der Waals surface area contributed by atoms with E-state index in [2.05, 4.69) is 0 Å². The maximum atomic E-state index is 12.4. The quantitative estimate of drug-likeness (QED) is 0.780. The fourth-order valence-electron chi connectivity index (χ4n) is 2.75. The van der Waals surface area contributed by atoms with Crippen molar-refractivity contribution < 1.29 is 19.1 Å². The number of methoxy groups -OCH3 is 2. The Balaban J connectivity index is 1.85. The number of hydrogen-bond acceptors (Lipinski definition) is 4. The van der Waals surface area contributed by atoms with Gasteiger partial charge in [0.1, 0.15) is 11.8 Å². The van der Waals surface area contributed by atoms with Crippen molar-refractivity contribution in [1.29, 1.82) is 0 Å². The summed E-state index contributed by atoms with van der Waals surface area (Å²) in [6, 6.07) is 6.23. The van der Waals surface area contributed by atoms with Crippen LogP contribution < -0.4 is 9.64 Å². The highest BCUT2D eigenvalue weighted by Gasteiger charge is 2.51. The molecule has 0 N–H and O–H groups in total. The van der Waals surface area contributed by atoms with Gasteiger partial charge in [-0.3, -0.25) is 4.79 Å². The van der Waals surface area contributed by atoms with E-state index in [4.69, 9.17) is 9.47 Å². The Labute approximate surface area is 116 Å². The highest BCUT2D eigenvalue weighted by molar-refractivity contribution is 6.21. The minimum absolute atomic E-state index is 0.0501. The third-order valence-electron chi connectivity index (χ3n) is 3.87. The Hall–Kier alpha value is -2.08. The van der Waals surface area contributed by atoms with Gasteiger partial charge in [-0.05, 0) is 24.3 Å². The van der Waals surface area contributed by atoms with Gasteiger partial charge >= 0.3 is 6.03 Å². The summed E-state index contributed by atoms with van der Waals surface area (Å²) in [4.78, 5) is 27.6. The Morgan fingerprint density at radius 1 is 1.15 bits per heavy atom. The number of hydrogen-bond donors (Lipinski definition) is 0. The molecule has 2 atom stereocenters. The first-order valence-corrected chi connectivity index (χ1v) is 6.47. The second-order valence-electron chi connectivity index (χ2n) is 4.92. The average molecular weight is 276 g/mol. The molecule has 0 bridgehead atoms. The van der Waals surface area contributed by atoms with E-state index in [1.54, 1.807) is 43.4 Å². The van der Waals surface area contributed by atoms with Crippen LogP contribution in [0.3, 0.4) is 0 Å². The molecule has 0 spiro atoms. The standard InChI is InChI=1S/C14H16N2O4/c1-19-10-5-3-9(4-6-10)16-13(17)12-7-11(20-2)8-15(12)14(16)18/h3-6,11-12H,7-8H2,1-2H3. The topological polar surface area (TPSA) is 59.1 Å². The molecule has 6 heteroatoms. The molecule has 2 fully saturated rings. The van der Waals surface area contributed by atoms with Crippen molar-refractivity contribution in [1.82, 2.24) is 4.90 Å². The van der Waals surface area contributed by atoms with Gasteiger partial charge in [-0.25, -0.2) is 9.69 Å². The molecule has 0 aliphatic carbocycles. The molecule has 0 aromatic heterocycles. The van der Waals surface area contributed by atoms with Gasteiger partial charge in [-0.1, -0.05) is 0 Å². The second-order valence-corrected chi connectivity index (χ2v) is 4.92. The molecule has 1 aromatic rings. The summed E-state index contributed by atoms with van der Waals surface area (Å²) in [5.74, 6) is 0.507. The molecule has 2 aliphatic rings. The number of anilines is 1. The first-order valence-electron chi connectivity index (χ1n) is 6.47. The summed E-state index contributed by atoms with van der Waals surface area (Å²) >= 11 is 0. The van der Waals surface area contributed by atoms with Crippen molar-refractivity contribution in [3.63, 3.8) is 0 Å². The SMILES string of the molecule is COc1ccc(N2C(=O)C3CC(OC)CN3C2=O)cc1. The van der Waals surface area contributed by atoms with E-state index in [1.807, 2.05) is 0 Å². The molecule has 3 rings (SSSR count). The molecule has 2 heterocycles. The number of carbonyl (C=O) groups is 2. The number of carbonyl (C=O) groups excluding carboxylic acids is 2. The number of amides is 3. The van der Waals surface area contributed by atoms with Crippen molar-refractivity contribution in [2.24, 2.45) is 0 Å². The number of fused-ring (bicyclic) bond motifs is 1. The Bertz CT molecular complexity index is 519. The summed E-state index contributed by atoms with van der Waals surface area (Å²) in [7, 11) is 3.17. The van der Waals surface area contributed by atoms with Gasteiger partial charge in [0.2, 0.25) is 0 Å². The monoisotopic (exact) mass is 276 g/mol. The highest BCUT2D eigenvalue weighted by Crippen LogP contribution is 2.32. The van der Waals surface area contributed by atoms with Crippen LogP contribution in [-0.4, -0.2) is 49.7 Å². The lowest BCUT2D eigenvalue weighted by Gasteiger charge is -2.17. The van der Waals surface area contributed by atoms with Crippen LogP contribution in [-0.2, 0) is 9.53 Å². The zero-order valence-electron chi connectivity index (χ0n) is 11.4. The highest BCUT2D eigenvalue weighted by atomic mass is 16.5. The van der Waals surface area contributed by atoms with Crippen LogP contribution in [0.2, 0.25) is 0 Å². The Morgan fingerprint density at radius 3 is 2.40 bits per heavy atom. The van der Waals surface area contributed by atoms with Crippen LogP contribution in [0.5, 0.6) is 5.75 Å². The van der Waals surface area contributed by atoms with E-state index < -0.39 is 6.04 Å². The van der Waals surface area contributed by atoms with Crippen molar-refractivity contribution in [2.45, 2.75) is 18.6 Å². The third kappa shape index (κ3) is 1.84. The molecule has 0 radical (unpaired) electrons. The van der Waals surface area contributed by atoms with Gasteiger partial charge in [0.25, 0.3) is 5.91 Å². The van der Waals surface area contributed by atoms with Gasteiger partial charge in [-0.2, -0.15) is 0 Å². The summed E-state index contributed by atoms with van der Waals surface area (Å²) in [5, 5.41) is 0. The van der Waals surface area contributed by atoms with Crippen LogP contribution in [0.25, 0.3) is 0 Å². The van der Waals surface area contributed by atoms with Crippen LogP contribution >= 0.6 is 0 Å². The maximum Gasteiger partial charge on any atom is 0.332 e. The number of ether oxygens (including phenoxy) is 2. The molecule has 2 unspecified atom stereocenters. The largest absolute Gasteiger partial charge is 0.497 e. The molecule has 2 saturated heterocycles. The number of benzene rings is 1. The van der Waals surface area contributed by atoms with Gasteiger partial charge in [0, 0.05) is 20.1 Å². The van der Waals surface area contributed by atoms with E-state index in [0.29, 0.717) is 24.4 Å². The molecule has 20 heavy (non-hydrogen) atoms. The molecular formula is C14H16N2O4. The van der Waals surface area contributed by atoms with Gasteiger partial charge < -0.3 is 14.4 Å². The van der Waals surface area contributed by atoms with E-state index in [-0.39, 0.29) is 18.0 Å². The summed E-state index contributed by atoms with van der Waals surface area (Å²) < 4.78 is 10.3. The minimum atomic E-state index is -0.394. The third-order valence-corrected chi connectivity index (χ3v) is 3.87. The molecule has 1 aromatic carbocycles. The van der Waals surface area contributed by atoms with Crippen molar-refractivity contribution in [3.8, 4) is 5.75 Å². The van der Waals surface area contributed by atoms with Crippen LogP contribution in [0.1, 0.15) is 6.42 Å². The first-order chi connectivity index (χ1) is 9.65. The Kier molecular flexibility index (Phi) is 3.10. The summed E-state index contributed by atoms with van der Waals surface area (Å²) in [6.45, 7) is 0.471. The summed E-state index contributed by atoms with van der Waals surface area (Å²) in [6.07, 6.45) is 0.513. The normalized spacial score (nSPS) is 25.3. The maximum absolute atomic E-state index is 12.4. The van der Waals surface area contributed by atoms with Crippen molar-refractivity contribution in [2.75, 3.05) is 25.7 Å². The van der Waals surface area contributed by atoms with Gasteiger partial charge in [-0.15, -0.1) is 0 Å². The smallest absolute Gasteiger partial charge is 0.332 e. The first kappa shape index (κ1) is 12.9. The molecule has 106 valence electrons. The predicted molar refractivity (Wildman–Crippen MR) is 71.8 cm³/mol. The number of imide groups is 1. The lowest BCUT2D eigenvalue weighted by Crippen LogP contribution is -2.35. The van der Waals surface area contributed by atoms with Crippen LogP contribution in [0.4, 0.5) is 10.5 Å². The zero-order chi connectivity index (χ0) is 14.3. The predicted octanol–water partition coefficient (Wildman–Crippen LogP) is 1.25. The van der Waals surface area contributed by atoms with E-state index in [0.717, 1.165) is 0 Å². The summed E-state index contributed by atoms with van der Waals surface area (Å²) in [5.41, 5.74) is 0.573. The molecule has 0 saturated carbocycles.